The number of amides is 3. The fraction of sp³-hybridized carbons (Fsp3) is 0.259. The van der Waals surface area contributed by atoms with Gasteiger partial charge in [0.2, 0.25) is 17.7 Å². The van der Waals surface area contributed by atoms with Crippen molar-refractivity contribution in [3.05, 3.63) is 72.1 Å². The first-order chi connectivity index (χ1) is 18.8. The molecule has 0 aliphatic carbocycles. The number of H-pyrrole nitrogens is 2. The van der Waals surface area contributed by atoms with Gasteiger partial charge in [0.1, 0.15) is 18.6 Å². The molecule has 3 unspecified atom stereocenters. The van der Waals surface area contributed by atoms with Gasteiger partial charge in [0.15, 0.2) is 0 Å². The molecular weight excluding hydrogens is 520 g/mol. The first kappa shape index (κ1) is 27.7. The largest absolute Gasteiger partial charge is 0.480 e. The van der Waals surface area contributed by atoms with E-state index in [0.717, 1.165) is 32.9 Å². The van der Waals surface area contributed by atoms with Crippen LogP contribution >= 0.6 is 12.6 Å². The number of carboxylic acid groups (broad SMARTS) is 1. The van der Waals surface area contributed by atoms with E-state index in [1.807, 2.05) is 48.5 Å². The van der Waals surface area contributed by atoms with Crippen molar-refractivity contribution in [3.8, 4) is 0 Å². The molecule has 0 aliphatic rings. The summed E-state index contributed by atoms with van der Waals surface area (Å²) in [4.78, 5) is 56.1. The highest BCUT2D eigenvalue weighted by atomic mass is 32.1. The molecular formula is C27H30N6O5S. The zero-order chi connectivity index (χ0) is 27.9. The molecule has 39 heavy (non-hydrogen) atoms. The average Bonchev–Trinajstić information content (AvgIpc) is 3.53. The number of hydrogen-bond donors (Lipinski definition) is 8. The molecule has 3 amide bonds. The second-order valence-corrected chi connectivity index (χ2v) is 9.52. The predicted molar refractivity (Wildman–Crippen MR) is 150 cm³/mol. The van der Waals surface area contributed by atoms with Gasteiger partial charge in [-0.3, -0.25) is 19.2 Å². The molecule has 0 radical (unpaired) electrons. The van der Waals surface area contributed by atoms with Gasteiger partial charge in [-0.15, -0.1) is 0 Å². The SMILES string of the molecule is NC(Cc1c[nH]c2ccccc12)C(=O)NC(CS)C(=O)NC(Cc1c[nH]c2ccccc12)C(=O)NCC(=O)O. The van der Waals surface area contributed by atoms with Gasteiger partial charge in [-0.25, -0.2) is 0 Å². The van der Waals surface area contributed by atoms with Crippen LogP contribution in [0.2, 0.25) is 0 Å². The third kappa shape index (κ3) is 6.78. The number of aromatic nitrogens is 2. The van der Waals surface area contributed by atoms with E-state index in [9.17, 15) is 19.2 Å². The zero-order valence-electron chi connectivity index (χ0n) is 20.9. The lowest BCUT2D eigenvalue weighted by molar-refractivity contribution is -0.138. The van der Waals surface area contributed by atoms with Crippen molar-refractivity contribution in [2.24, 2.45) is 5.73 Å². The first-order valence-electron chi connectivity index (χ1n) is 12.3. The van der Waals surface area contributed by atoms with Gasteiger partial charge in [-0.2, -0.15) is 12.6 Å². The van der Waals surface area contributed by atoms with E-state index in [4.69, 9.17) is 10.8 Å². The smallest absolute Gasteiger partial charge is 0.322 e. The number of hydrogen-bond acceptors (Lipinski definition) is 6. The quantitative estimate of drug-likeness (QED) is 0.121. The minimum Gasteiger partial charge on any atom is -0.480 e. The topological polar surface area (TPSA) is 182 Å². The molecule has 204 valence electrons. The Labute approximate surface area is 229 Å². The Hall–Kier alpha value is -4.29. The van der Waals surface area contributed by atoms with E-state index in [1.165, 1.54) is 0 Å². The molecule has 0 bridgehead atoms. The van der Waals surface area contributed by atoms with E-state index in [1.54, 1.807) is 12.4 Å². The average molecular weight is 551 g/mol. The summed E-state index contributed by atoms with van der Waals surface area (Å²) in [6, 6.07) is 12.0. The molecule has 0 spiro atoms. The highest BCUT2D eigenvalue weighted by molar-refractivity contribution is 7.80. The van der Waals surface area contributed by atoms with Crippen molar-refractivity contribution in [2.75, 3.05) is 12.3 Å². The molecule has 4 rings (SSSR count). The van der Waals surface area contributed by atoms with Crippen LogP contribution in [0, 0.1) is 0 Å². The van der Waals surface area contributed by atoms with Gasteiger partial charge in [-0.05, 0) is 29.7 Å². The van der Waals surface area contributed by atoms with Crippen molar-refractivity contribution in [1.29, 1.82) is 0 Å². The number of rotatable bonds is 12. The maximum Gasteiger partial charge on any atom is 0.322 e. The lowest BCUT2D eigenvalue weighted by Gasteiger charge is -2.23. The Bertz CT molecular complexity index is 1500. The maximum atomic E-state index is 13.1. The lowest BCUT2D eigenvalue weighted by atomic mass is 10.0. The number of nitrogens with one attached hydrogen (secondary N) is 5. The molecule has 0 saturated heterocycles. The Kier molecular flexibility index (Phi) is 8.89. The van der Waals surface area contributed by atoms with Crippen LogP contribution in [-0.2, 0) is 32.0 Å². The third-order valence-corrected chi connectivity index (χ3v) is 6.78. The minimum absolute atomic E-state index is 0.0477. The van der Waals surface area contributed by atoms with Gasteiger partial charge in [0.25, 0.3) is 0 Å². The van der Waals surface area contributed by atoms with Crippen molar-refractivity contribution in [1.82, 2.24) is 25.9 Å². The standard InChI is InChI=1S/C27H30N6O5S/c28-19(9-15-11-29-20-7-3-1-5-17(15)20)25(36)33-23(14-39)27(38)32-22(26(37)31-13-24(34)35)10-16-12-30-21-8-4-2-6-18(16)21/h1-8,11-12,19,22-23,29-30,39H,9-10,13-14,28H2,(H,31,37)(H,32,38)(H,33,36)(H,34,35). The summed E-state index contributed by atoms with van der Waals surface area (Å²) in [5.41, 5.74) is 9.57. The van der Waals surface area contributed by atoms with Crippen molar-refractivity contribution in [2.45, 2.75) is 31.0 Å². The predicted octanol–water partition coefficient (Wildman–Crippen LogP) is 0.862. The third-order valence-electron chi connectivity index (χ3n) is 6.41. The molecule has 3 atom stereocenters. The van der Waals surface area contributed by atoms with E-state index in [2.05, 4.69) is 38.5 Å². The molecule has 2 aromatic carbocycles. The zero-order valence-corrected chi connectivity index (χ0v) is 21.8. The number of aromatic amines is 2. The minimum atomic E-state index is -1.22. The van der Waals surface area contributed by atoms with Crippen LogP contribution < -0.4 is 21.7 Å². The highest BCUT2D eigenvalue weighted by Gasteiger charge is 2.28. The first-order valence-corrected chi connectivity index (χ1v) is 13.0. The van der Waals surface area contributed by atoms with Gasteiger partial charge in [0, 0.05) is 46.4 Å². The number of carboxylic acids is 1. The summed E-state index contributed by atoms with van der Waals surface area (Å²) < 4.78 is 0. The number of carbonyl (C=O) groups is 4. The van der Waals surface area contributed by atoms with Crippen LogP contribution in [0.25, 0.3) is 21.8 Å². The van der Waals surface area contributed by atoms with E-state index < -0.39 is 48.4 Å². The van der Waals surface area contributed by atoms with Crippen LogP contribution in [0.15, 0.2) is 60.9 Å². The van der Waals surface area contributed by atoms with Crippen molar-refractivity contribution >= 4 is 58.1 Å². The van der Waals surface area contributed by atoms with E-state index in [0.29, 0.717) is 0 Å². The van der Waals surface area contributed by atoms with E-state index >= 15 is 0 Å². The Balaban J connectivity index is 1.43. The van der Waals surface area contributed by atoms with Gasteiger partial charge < -0.3 is 36.8 Å². The summed E-state index contributed by atoms with van der Waals surface area (Å²) in [6.45, 7) is -0.603. The molecule has 2 heterocycles. The Morgan fingerprint density at radius 3 is 1.90 bits per heavy atom. The fourth-order valence-corrected chi connectivity index (χ4v) is 4.65. The van der Waals surface area contributed by atoms with Gasteiger partial charge in [0.05, 0.1) is 6.04 Å². The molecule has 0 aliphatic heterocycles. The van der Waals surface area contributed by atoms with Crippen molar-refractivity contribution < 1.29 is 24.3 Å². The number of benzene rings is 2. The summed E-state index contributed by atoms with van der Waals surface area (Å²) in [6.07, 6.45) is 3.87. The highest BCUT2D eigenvalue weighted by Crippen LogP contribution is 2.20. The summed E-state index contributed by atoms with van der Waals surface area (Å²) in [5, 5.41) is 18.4. The van der Waals surface area contributed by atoms with Gasteiger partial charge >= 0.3 is 5.97 Å². The summed E-state index contributed by atoms with van der Waals surface area (Å²) in [5.74, 6) is -3.12. The van der Waals surface area contributed by atoms with Crippen LogP contribution in [0.3, 0.4) is 0 Å². The molecule has 8 N–H and O–H groups in total. The van der Waals surface area contributed by atoms with Crippen LogP contribution in [-0.4, -0.2) is 69.2 Å². The monoisotopic (exact) mass is 550 g/mol. The van der Waals surface area contributed by atoms with Crippen LogP contribution in [0.1, 0.15) is 11.1 Å². The normalized spacial score (nSPS) is 13.5. The fourth-order valence-electron chi connectivity index (χ4n) is 4.39. The molecule has 11 nitrogen and oxygen atoms in total. The summed E-state index contributed by atoms with van der Waals surface area (Å²) in [7, 11) is 0. The Morgan fingerprint density at radius 1 is 0.795 bits per heavy atom. The van der Waals surface area contributed by atoms with Crippen LogP contribution in [0.5, 0.6) is 0 Å². The second kappa shape index (κ2) is 12.5. The molecule has 2 aromatic heterocycles. The summed E-state index contributed by atoms with van der Waals surface area (Å²) >= 11 is 4.21. The molecule has 0 fully saturated rings. The van der Waals surface area contributed by atoms with Gasteiger partial charge in [-0.1, -0.05) is 36.4 Å². The number of para-hydroxylation sites is 2. The van der Waals surface area contributed by atoms with E-state index in [-0.39, 0.29) is 18.6 Å². The Morgan fingerprint density at radius 2 is 1.33 bits per heavy atom. The number of thiol groups is 1. The molecule has 12 heteroatoms. The molecule has 0 saturated carbocycles. The maximum absolute atomic E-state index is 13.1. The molecule has 4 aromatic rings. The number of carbonyl (C=O) groups excluding carboxylic acids is 3. The second-order valence-electron chi connectivity index (χ2n) is 9.15. The number of aliphatic carboxylic acids is 1. The van der Waals surface area contributed by atoms with Crippen LogP contribution in [0.4, 0.5) is 0 Å². The van der Waals surface area contributed by atoms with Crippen molar-refractivity contribution in [3.63, 3.8) is 0 Å². The number of nitrogens with two attached hydrogens (primary N) is 1. The lowest BCUT2D eigenvalue weighted by Crippen LogP contribution is -2.57. The number of fused-ring (bicyclic) bond motifs is 2.